The zero-order valence-corrected chi connectivity index (χ0v) is 8.37. The summed E-state index contributed by atoms with van der Waals surface area (Å²) in [5.41, 5.74) is 7.09. The molecule has 1 aromatic heterocycles. The van der Waals surface area contributed by atoms with Gasteiger partial charge in [-0.3, -0.25) is 0 Å². The number of aryl methyl sites for hydroxylation is 1. The maximum Gasteiger partial charge on any atom is 0.157 e. The van der Waals surface area contributed by atoms with Crippen LogP contribution in [0.25, 0.3) is 6.08 Å². The second kappa shape index (κ2) is 4.12. The van der Waals surface area contributed by atoms with Crippen molar-refractivity contribution in [1.29, 1.82) is 0 Å². The number of rotatable bonds is 3. The minimum Gasteiger partial charge on any atom is -0.394 e. The van der Waals surface area contributed by atoms with E-state index in [0.29, 0.717) is 17.4 Å². The summed E-state index contributed by atoms with van der Waals surface area (Å²) in [7, 11) is 0. The van der Waals surface area contributed by atoms with Crippen molar-refractivity contribution in [2.24, 2.45) is 5.92 Å². The van der Waals surface area contributed by atoms with Crippen LogP contribution in [0, 0.1) is 12.8 Å². The standard InChI is InChI=1S/C10H16N2O/c1-7(2)5-4-6-9-10(11)8(3)13-12-9/h4,6-7H,5,11H2,1-3H3/b6-4+. The molecule has 0 spiro atoms. The van der Waals surface area contributed by atoms with Gasteiger partial charge in [0.1, 0.15) is 11.4 Å². The lowest BCUT2D eigenvalue weighted by molar-refractivity contribution is 0.396. The number of hydrogen-bond donors (Lipinski definition) is 1. The van der Waals surface area contributed by atoms with Crippen LogP contribution >= 0.6 is 0 Å². The molecule has 0 atom stereocenters. The predicted molar refractivity (Wildman–Crippen MR) is 54.1 cm³/mol. The lowest BCUT2D eigenvalue weighted by Crippen LogP contribution is -1.87. The summed E-state index contributed by atoms with van der Waals surface area (Å²) in [6.45, 7) is 6.14. The fourth-order valence-corrected chi connectivity index (χ4v) is 0.968. The first kappa shape index (κ1) is 9.84. The molecule has 3 nitrogen and oxygen atoms in total. The van der Waals surface area contributed by atoms with Gasteiger partial charge in [0.25, 0.3) is 0 Å². The molecule has 3 heteroatoms. The fourth-order valence-electron chi connectivity index (χ4n) is 0.968. The van der Waals surface area contributed by atoms with Crippen molar-refractivity contribution >= 4 is 11.8 Å². The number of allylic oxidation sites excluding steroid dienone is 1. The van der Waals surface area contributed by atoms with E-state index in [1.807, 2.05) is 13.0 Å². The molecule has 0 amide bonds. The molecule has 0 radical (unpaired) electrons. The van der Waals surface area contributed by atoms with Gasteiger partial charge in [-0.25, -0.2) is 0 Å². The van der Waals surface area contributed by atoms with Crippen LogP contribution < -0.4 is 5.73 Å². The number of hydrogen-bond acceptors (Lipinski definition) is 3. The molecule has 1 aromatic rings. The maximum absolute atomic E-state index is 5.71. The average Bonchev–Trinajstić information content (AvgIpc) is 2.35. The van der Waals surface area contributed by atoms with E-state index in [1.54, 1.807) is 0 Å². The van der Waals surface area contributed by atoms with Gasteiger partial charge in [-0.2, -0.15) is 0 Å². The third-order valence-electron chi connectivity index (χ3n) is 1.82. The Bertz CT molecular complexity index is 300. The van der Waals surface area contributed by atoms with Gasteiger partial charge in [0.15, 0.2) is 5.76 Å². The van der Waals surface area contributed by atoms with Gasteiger partial charge in [-0.15, -0.1) is 0 Å². The summed E-state index contributed by atoms with van der Waals surface area (Å²) in [4.78, 5) is 0. The largest absolute Gasteiger partial charge is 0.394 e. The molecule has 1 heterocycles. The maximum atomic E-state index is 5.71. The van der Waals surface area contributed by atoms with Crippen LogP contribution in [0.15, 0.2) is 10.6 Å². The Labute approximate surface area is 78.6 Å². The Morgan fingerprint density at radius 2 is 2.23 bits per heavy atom. The predicted octanol–water partition coefficient (Wildman–Crippen LogP) is 2.62. The SMILES string of the molecule is Cc1onc(/C=C/CC(C)C)c1N. The highest BCUT2D eigenvalue weighted by atomic mass is 16.5. The van der Waals surface area contributed by atoms with E-state index >= 15 is 0 Å². The number of aromatic nitrogens is 1. The zero-order valence-electron chi connectivity index (χ0n) is 8.37. The molecule has 0 aliphatic carbocycles. The molecular formula is C10H16N2O. The lowest BCUT2D eigenvalue weighted by Gasteiger charge is -1.95. The zero-order chi connectivity index (χ0) is 9.84. The van der Waals surface area contributed by atoms with Crippen LogP contribution in [0.2, 0.25) is 0 Å². The summed E-state index contributed by atoms with van der Waals surface area (Å²) < 4.78 is 4.93. The first-order valence-electron chi connectivity index (χ1n) is 4.49. The molecular weight excluding hydrogens is 164 g/mol. The van der Waals surface area contributed by atoms with Crippen LogP contribution in [-0.2, 0) is 0 Å². The summed E-state index contributed by atoms with van der Waals surface area (Å²) in [6, 6.07) is 0. The average molecular weight is 180 g/mol. The molecule has 0 aromatic carbocycles. The molecule has 0 saturated heterocycles. The smallest absolute Gasteiger partial charge is 0.157 e. The minimum absolute atomic E-state index is 0.639. The van der Waals surface area contributed by atoms with E-state index in [4.69, 9.17) is 10.3 Å². The molecule has 13 heavy (non-hydrogen) atoms. The summed E-state index contributed by atoms with van der Waals surface area (Å²) in [6.07, 6.45) is 5.01. The topological polar surface area (TPSA) is 52.0 Å². The van der Waals surface area contributed by atoms with Crippen LogP contribution in [0.5, 0.6) is 0 Å². The van der Waals surface area contributed by atoms with Crippen molar-refractivity contribution < 1.29 is 4.52 Å². The Hall–Kier alpha value is -1.25. The second-order valence-electron chi connectivity index (χ2n) is 3.57. The van der Waals surface area contributed by atoms with Gasteiger partial charge in [-0.05, 0) is 25.3 Å². The number of nitrogens with two attached hydrogens (primary N) is 1. The number of nitrogen functional groups attached to an aromatic ring is 1. The first-order valence-corrected chi connectivity index (χ1v) is 4.49. The third kappa shape index (κ3) is 2.61. The van der Waals surface area contributed by atoms with Gasteiger partial charge in [0.2, 0.25) is 0 Å². The van der Waals surface area contributed by atoms with Gasteiger partial charge >= 0.3 is 0 Å². The van der Waals surface area contributed by atoms with Crippen molar-refractivity contribution in [3.8, 4) is 0 Å². The minimum atomic E-state index is 0.639. The Morgan fingerprint density at radius 3 is 2.69 bits per heavy atom. The molecule has 72 valence electrons. The molecule has 0 fully saturated rings. The van der Waals surface area contributed by atoms with E-state index in [1.165, 1.54) is 0 Å². The molecule has 1 rings (SSSR count). The Morgan fingerprint density at radius 1 is 1.54 bits per heavy atom. The van der Waals surface area contributed by atoms with Crippen molar-refractivity contribution in [2.45, 2.75) is 27.2 Å². The van der Waals surface area contributed by atoms with Crippen molar-refractivity contribution in [1.82, 2.24) is 5.16 Å². The summed E-state index contributed by atoms with van der Waals surface area (Å²) >= 11 is 0. The highest BCUT2D eigenvalue weighted by Crippen LogP contribution is 2.17. The molecule has 0 aliphatic heterocycles. The highest BCUT2D eigenvalue weighted by molar-refractivity contribution is 5.61. The summed E-state index contributed by atoms with van der Waals surface area (Å²) in [5, 5.41) is 3.83. The van der Waals surface area contributed by atoms with Crippen molar-refractivity contribution in [3.63, 3.8) is 0 Å². The summed E-state index contributed by atoms with van der Waals surface area (Å²) in [5.74, 6) is 1.34. The molecule has 0 saturated carbocycles. The monoisotopic (exact) mass is 180 g/mol. The van der Waals surface area contributed by atoms with Crippen molar-refractivity contribution in [3.05, 3.63) is 17.5 Å². The fraction of sp³-hybridized carbons (Fsp3) is 0.500. The first-order chi connectivity index (χ1) is 6.11. The van der Waals surface area contributed by atoms with Crippen LogP contribution in [0.3, 0.4) is 0 Å². The second-order valence-corrected chi connectivity index (χ2v) is 3.57. The lowest BCUT2D eigenvalue weighted by atomic mass is 10.1. The van der Waals surface area contributed by atoms with Gasteiger partial charge in [0.05, 0.1) is 0 Å². The van der Waals surface area contributed by atoms with E-state index in [9.17, 15) is 0 Å². The molecule has 0 unspecified atom stereocenters. The molecule has 2 N–H and O–H groups in total. The molecule has 0 bridgehead atoms. The molecule has 0 aliphatic rings. The highest BCUT2D eigenvalue weighted by Gasteiger charge is 2.04. The third-order valence-corrected chi connectivity index (χ3v) is 1.82. The normalized spacial score (nSPS) is 11.7. The number of nitrogens with zero attached hydrogens (tertiary/aromatic N) is 1. The van der Waals surface area contributed by atoms with Crippen LogP contribution in [0.4, 0.5) is 5.69 Å². The quantitative estimate of drug-likeness (QED) is 0.777. The van der Waals surface area contributed by atoms with Crippen LogP contribution in [-0.4, -0.2) is 5.16 Å². The Balaban J connectivity index is 2.63. The van der Waals surface area contributed by atoms with E-state index < -0.39 is 0 Å². The van der Waals surface area contributed by atoms with E-state index in [2.05, 4.69) is 25.1 Å². The van der Waals surface area contributed by atoms with E-state index in [0.717, 1.165) is 12.1 Å². The van der Waals surface area contributed by atoms with Crippen LogP contribution in [0.1, 0.15) is 31.7 Å². The van der Waals surface area contributed by atoms with Crippen molar-refractivity contribution in [2.75, 3.05) is 5.73 Å². The van der Waals surface area contributed by atoms with E-state index in [-0.39, 0.29) is 0 Å². The van der Waals surface area contributed by atoms with Gasteiger partial charge in [-0.1, -0.05) is 25.1 Å². The Kier molecular flexibility index (Phi) is 3.12. The van der Waals surface area contributed by atoms with Gasteiger partial charge in [0, 0.05) is 0 Å². The number of anilines is 1. The van der Waals surface area contributed by atoms with Gasteiger partial charge < -0.3 is 10.3 Å².